The van der Waals surface area contributed by atoms with Crippen molar-refractivity contribution in [3.63, 3.8) is 0 Å². The van der Waals surface area contributed by atoms with Crippen molar-refractivity contribution in [2.24, 2.45) is 5.92 Å². The highest BCUT2D eigenvalue weighted by atomic mass is 16.2. The first kappa shape index (κ1) is 31.4. The molecule has 0 saturated carbocycles. The van der Waals surface area contributed by atoms with Crippen LogP contribution in [-0.4, -0.2) is 85.4 Å². The standard InChI is InChI=1S/C26H39N5O6/c1-17(2)11-21(29-23(34)14-27-24(35)16-31(5)15-19(4)33)26(37)30-22(25(36)28-13-18(3)32)12-20-9-7-6-8-10-20/h6-10,17,21-22H,11-16H2,1-5H3,(H,27,35)(H,28,36)(H,29,34)(H,30,37). The minimum Gasteiger partial charge on any atom is -0.347 e. The van der Waals surface area contributed by atoms with E-state index in [1.807, 2.05) is 44.2 Å². The van der Waals surface area contributed by atoms with E-state index in [4.69, 9.17) is 0 Å². The van der Waals surface area contributed by atoms with E-state index in [2.05, 4.69) is 21.3 Å². The zero-order chi connectivity index (χ0) is 28.0. The number of nitrogens with zero attached hydrogens (tertiary/aromatic N) is 1. The number of benzene rings is 1. The van der Waals surface area contributed by atoms with Gasteiger partial charge in [0.05, 0.1) is 26.2 Å². The highest BCUT2D eigenvalue weighted by Gasteiger charge is 2.28. The van der Waals surface area contributed by atoms with Gasteiger partial charge in [0.1, 0.15) is 23.7 Å². The number of ketones is 2. The molecule has 11 heteroatoms. The van der Waals surface area contributed by atoms with Crippen LogP contribution in [0.5, 0.6) is 0 Å². The van der Waals surface area contributed by atoms with Crippen molar-refractivity contribution in [3.8, 4) is 0 Å². The lowest BCUT2D eigenvalue weighted by molar-refractivity contribution is -0.133. The van der Waals surface area contributed by atoms with Gasteiger partial charge in [-0.25, -0.2) is 0 Å². The van der Waals surface area contributed by atoms with Crippen LogP contribution in [-0.2, 0) is 35.2 Å². The Balaban J connectivity index is 2.83. The first-order valence-electron chi connectivity index (χ1n) is 12.2. The Bertz CT molecular complexity index is 950. The summed E-state index contributed by atoms with van der Waals surface area (Å²) >= 11 is 0. The topological polar surface area (TPSA) is 154 Å². The van der Waals surface area contributed by atoms with Crippen LogP contribution >= 0.6 is 0 Å². The predicted molar refractivity (Wildman–Crippen MR) is 138 cm³/mol. The van der Waals surface area contributed by atoms with E-state index in [0.29, 0.717) is 6.42 Å². The molecule has 0 aliphatic heterocycles. The maximum Gasteiger partial charge on any atom is 0.243 e. The number of nitrogens with one attached hydrogen (secondary N) is 4. The van der Waals surface area contributed by atoms with Crippen molar-refractivity contribution in [2.45, 2.75) is 52.6 Å². The lowest BCUT2D eigenvalue weighted by atomic mass is 10.0. The van der Waals surface area contributed by atoms with Gasteiger partial charge in [0.25, 0.3) is 0 Å². The highest BCUT2D eigenvalue weighted by molar-refractivity contribution is 5.94. The zero-order valence-corrected chi connectivity index (χ0v) is 22.3. The quantitative estimate of drug-likeness (QED) is 0.232. The van der Waals surface area contributed by atoms with Crippen LogP contribution in [0.4, 0.5) is 0 Å². The van der Waals surface area contributed by atoms with E-state index in [1.54, 1.807) is 7.05 Å². The summed E-state index contributed by atoms with van der Waals surface area (Å²) in [6.45, 7) is 6.09. The fraction of sp³-hybridized carbons (Fsp3) is 0.538. The molecule has 1 aromatic rings. The number of Topliss-reactive ketones (excluding diaryl/α,β-unsaturated/α-hetero) is 2. The first-order valence-corrected chi connectivity index (χ1v) is 12.2. The maximum atomic E-state index is 13.1. The van der Waals surface area contributed by atoms with Crippen molar-refractivity contribution in [2.75, 3.05) is 33.2 Å². The van der Waals surface area contributed by atoms with Crippen molar-refractivity contribution < 1.29 is 28.8 Å². The molecule has 37 heavy (non-hydrogen) atoms. The van der Waals surface area contributed by atoms with Crippen LogP contribution < -0.4 is 21.3 Å². The summed E-state index contributed by atoms with van der Waals surface area (Å²) < 4.78 is 0. The summed E-state index contributed by atoms with van der Waals surface area (Å²) in [5, 5.41) is 10.3. The Morgan fingerprint density at radius 3 is 1.97 bits per heavy atom. The normalized spacial score (nSPS) is 12.4. The molecule has 0 radical (unpaired) electrons. The molecule has 1 rings (SSSR count). The number of hydrogen-bond acceptors (Lipinski definition) is 7. The number of carbonyl (C=O) groups is 6. The van der Waals surface area contributed by atoms with Crippen molar-refractivity contribution in [1.82, 2.24) is 26.2 Å². The van der Waals surface area contributed by atoms with Gasteiger partial charge in [-0.15, -0.1) is 0 Å². The smallest absolute Gasteiger partial charge is 0.243 e. The minimum absolute atomic E-state index is 0.0463. The van der Waals surface area contributed by atoms with E-state index in [9.17, 15) is 28.8 Å². The molecule has 2 atom stereocenters. The number of carbonyl (C=O) groups excluding carboxylic acids is 6. The molecule has 4 amide bonds. The molecule has 2 unspecified atom stereocenters. The Hall–Kier alpha value is -3.60. The Kier molecular flexibility index (Phi) is 13.8. The molecular weight excluding hydrogens is 478 g/mol. The van der Waals surface area contributed by atoms with Gasteiger partial charge >= 0.3 is 0 Å². The maximum absolute atomic E-state index is 13.1. The molecule has 0 aliphatic carbocycles. The third kappa shape index (κ3) is 13.9. The monoisotopic (exact) mass is 517 g/mol. The van der Waals surface area contributed by atoms with Crippen LogP contribution in [0, 0.1) is 5.92 Å². The molecule has 0 aromatic heterocycles. The first-order chi connectivity index (χ1) is 17.4. The molecule has 0 spiro atoms. The van der Waals surface area contributed by atoms with Crippen molar-refractivity contribution in [3.05, 3.63) is 35.9 Å². The van der Waals surface area contributed by atoms with E-state index in [1.165, 1.54) is 18.7 Å². The Morgan fingerprint density at radius 1 is 0.757 bits per heavy atom. The molecule has 0 saturated heterocycles. The largest absolute Gasteiger partial charge is 0.347 e. The lowest BCUT2D eigenvalue weighted by Gasteiger charge is -2.24. The number of rotatable bonds is 16. The summed E-state index contributed by atoms with van der Waals surface area (Å²) in [6, 6.07) is 7.20. The summed E-state index contributed by atoms with van der Waals surface area (Å²) in [6.07, 6.45) is 0.502. The zero-order valence-electron chi connectivity index (χ0n) is 22.3. The third-order valence-corrected chi connectivity index (χ3v) is 5.14. The van der Waals surface area contributed by atoms with Crippen molar-refractivity contribution >= 4 is 35.2 Å². The molecule has 0 heterocycles. The number of amides is 4. The lowest BCUT2D eigenvalue weighted by Crippen LogP contribution is -2.56. The summed E-state index contributed by atoms with van der Waals surface area (Å²) in [5.74, 6) is -2.32. The van der Waals surface area contributed by atoms with Gasteiger partial charge in [0.15, 0.2) is 0 Å². The van der Waals surface area contributed by atoms with Gasteiger partial charge in [0.2, 0.25) is 23.6 Å². The van der Waals surface area contributed by atoms with Gasteiger partial charge < -0.3 is 21.3 Å². The fourth-order valence-corrected chi connectivity index (χ4v) is 3.53. The predicted octanol–water partition coefficient (Wildman–Crippen LogP) is -0.413. The molecular formula is C26H39N5O6. The Labute approximate surface area is 218 Å². The molecule has 204 valence electrons. The van der Waals surface area contributed by atoms with Crippen LogP contribution in [0.25, 0.3) is 0 Å². The molecule has 1 aromatic carbocycles. The fourth-order valence-electron chi connectivity index (χ4n) is 3.53. The van der Waals surface area contributed by atoms with Gasteiger partial charge in [0, 0.05) is 6.42 Å². The van der Waals surface area contributed by atoms with Gasteiger partial charge in [-0.1, -0.05) is 44.2 Å². The second kappa shape index (κ2) is 16.2. The van der Waals surface area contributed by atoms with E-state index in [-0.39, 0.29) is 50.1 Å². The average molecular weight is 518 g/mol. The van der Waals surface area contributed by atoms with Crippen LogP contribution in [0.2, 0.25) is 0 Å². The number of likely N-dealkylation sites (N-methyl/N-ethyl adjacent to an activating group) is 1. The van der Waals surface area contributed by atoms with Crippen molar-refractivity contribution in [1.29, 1.82) is 0 Å². The SMILES string of the molecule is CC(=O)CNC(=O)C(Cc1ccccc1)NC(=O)C(CC(C)C)NC(=O)CNC(=O)CN(C)CC(C)=O. The van der Waals surface area contributed by atoms with E-state index < -0.39 is 35.7 Å². The van der Waals surface area contributed by atoms with E-state index >= 15 is 0 Å². The van der Waals surface area contributed by atoms with Crippen LogP contribution in [0.15, 0.2) is 30.3 Å². The van der Waals surface area contributed by atoms with Gasteiger partial charge in [-0.2, -0.15) is 0 Å². The average Bonchev–Trinajstić information content (AvgIpc) is 2.80. The van der Waals surface area contributed by atoms with Crippen LogP contribution in [0.3, 0.4) is 0 Å². The second-order valence-corrected chi connectivity index (χ2v) is 9.57. The molecule has 0 bridgehead atoms. The minimum atomic E-state index is -0.961. The molecule has 0 aliphatic rings. The molecule has 4 N–H and O–H groups in total. The summed E-state index contributed by atoms with van der Waals surface area (Å²) in [4.78, 5) is 74.4. The molecule has 0 fully saturated rings. The number of hydrogen-bond donors (Lipinski definition) is 4. The van der Waals surface area contributed by atoms with Gasteiger partial charge in [-0.05, 0) is 38.8 Å². The van der Waals surface area contributed by atoms with Crippen LogP contribution in [0.1, 0.15) is 39.7 Å². The second-order valence-electron chi connectivity index (χ2n) is 9.57. The Morgan fingerprint density at radius 2 is 1.41 bits per heavy atom. The van der Waals surface area contributed by atoms with Gasteiger partial charge in [-0.3, -0.25) is 33.7 Å². The third-order valence-electron chi connectivity index (χ3n) is 5.14. The summed E-state index contributed by atoms with van der Waals surface area (Å²) in [5.41, 5.74) is 0.813. The highest BCUT2D eigenvalue weighted by Crippen LogP contribution is 2.08. The summed E-state index contributed by atoms with van der Waals surface area (Å²) in [7, 11) is 1.61. The molecule has 11 nitrogen and oxygen atoms in total. The van der Waals surface area contributed by atoms with E-state index in [0.717, 1.165) is 5.56 Å².